The molecule has 3 N–H and O–H groups in total. The van der Waals surface area contributed by atoms with Gasteiger partial charge in [0.1, 0.15) is 0 Å². The van der Waals surface area contributed by atoms with Crippen molar-refractivity contribution in [1.29, 1.82) is 0 Å². The van der Waals surface area contributed by atoms with Crippen LogP contribution in [0.2, 0.25) is 0 Å². The summed E-state index contributed by atoms with van der Waals surface area (Å²) in [5.74, 6) is 5.15. The van der Waals surface area contributed by atoms with Gasteiger partial charge in [-0.05, 0) is 23.1 Å². The van der Waals surface area contributed by atoms with Gasteiger partial charge >= 0.3 is 6.18 Å². The predicted molar refractivity (Wildman–Crippen MR) is 55.7 cm³/mol. The first-order valence-electron chi connectivity index (χ1n) is 3.97. The quantitative estimate of drug-likeness (QED) is 0.417. The Labute approximate surface area is 90.3 Å². The number of alkyl halides is 3. The molecule has 1 aromatic rings. The Balaban J connectivity index is 3.00. The third-order valence-corrected chi connectivity index (χ3v) is 2.07. The Hall–Kier alpha value is -1.14. The number of nitrogens with two attached hydrogens (primary N) is 1. The number of benzene rings is 1. The average molecular weight is 234 g/mol. The van der Waals surface area contributed by atoms with E-state index in [9.17, 15) is 13.2 Å². The maximum absolute atomic E-state index is 12.2. The van der Waals surface area contributed by atoms with Crippen molar-refractivity contribution in [3.05, 3.63) is 40.8 Å². The highest BCUT2D eigenvalue weighted by Gasteiger charge is 2.29. The van der Waals surface area contributed by atoms with E-state index in [2.05, 4.69) is 18.1 Å². The highest BCUT2D eigenvalue weighted by atomic mass is 32.1. The molecule has 0 spiro atoms. The third kappa shape index (κ3) is 2.90. The van der Waals surface area contributed by atoms with E-state index < -0.39 is 11.7 Å². The summed E-state index contributed by atoms with van der Waals surface area (Å²) < 4.78 is 36.6. The number of hydrazine groups is 1. The lowest BCUT2D eigenvalue weighted by molar-refractivity contribution is -0.137. The van der Waals surface area contributed by atoms with Crippen LogP contribution < -0.4 is 11.3 Å². The zero-order valence-electron chi connectivity index (χ0n) is 7.55. The van der Waals surface area contributed by atoms with Crippen molar-refractivity contribution in [2.24, 2.45) is 5.84 Å². The van der Waals surface area contributed by atoms with E-state index in [1.165, 1.54) is 17.5 Å². The summed E-state index contributed by atoms with van der Waals surface area (Å²) in [5.41, 5.74) is 2.63. The number of hydrogen-bond acceptors (Lipinski definition) is 3. The van der Waals surface area contributed by atoms with Crippen molar-refractivity contribution in [1.82, 2.24) is 5.43 Å². The molecule has 0 aromatic heterocycles. The first kappa shape index (κ1) is 11.9. The second-order valence-electron chi connectivity index (χ2n) is 2.76. The molecular weight excluding hydrogens is 225 g/mol. The summed E-state index contributed by atoms with van der Waals surface area (Å²) in [4.78, 5) is 0. The van der Waals surface area contributed by atoms with E-state index >= 15 is 0 Å². The monoisotopic (exact) mass is 234 g/mol. The average Bonchev–Trinajstić information content (AvgIpc) is 2.19. The van der Waals surface area contributed by atoms with Crippen molar-refractivity contribution >= 4 is 18.3 Å². The van der Waals surface area contributed by atoms with Crippen LogP contribution in [-0.4, -0.2) is 0 Å². The van der Waals surface area contributed by atoms with Crippen LogP contribution in [0.1, 0.15) is 11.1 Å². The summed E-state index contributed by atoms with van der Waals surface area (Å²) in [6.45, 7) is 0. The van der Waals surface area contributed by atoms with Crippen LogP contribution in [-0.2, 0) is 6.18 Å². The second kappa shape index (κ2) is 4.59. The van der Waals surface area contributed by atoms with Gasteiger partial charge in [0.05, 0.1) is 11.3 Å². The van der Waals surface area contributed by atoms with Gasteiger partial charge < -0.3 is 5.43 Å². The van der Waals surface area contributed by atoms with Gasteiger partial charge in [-0.3, -0.25) is 5.84 Å². The Morgan fingerprint density at radius 2 is 1.80 bits per heavy atom. The van der Waals surface area contributed by atoms with Gasteiger partial charge in [-0.2, -0.15) is 13.2 Å². The lowest BCUT2D eigenvalue weighted by atomic mass is 10.1. The molecule has 0 aliphatic heterocycles. The number of halogens is 3. The van der Waals surface area contributed by atoms with Gasteiger partial charge in [-0.25, -0.2) is 0 Å². The number of thiol groups is 1. The summed E-state index contributed by atoms with van der Waals surface area (Å²) in [5, 5.41) is 1.38. The molecule has 1 rings (SSSR count). The van der Waals surface area contributed by atoms with Crippen LogP contribution in [0.25, 0.3) is 5.70 Å². The van der Waals surface area contributed by atoms with E-state index in [1.54, 1.807) is 0 Å². The fourth-order valence-electron chi connectivity index (χ4n) is 1.03. The van der Waals surface area contributed by atoms with Crippen molar-refractivity contribution in [2.75, 3.05) is 0 Å². The molecule has 0 heterocycles. The van der Waals surface area contributed by atoms with E-state index in [0.717, 1.165) is 12.1 Å². The van der Waals surface area contributed by atoms with Gasteiger partial charge in [-0.15, -0.1) is 12.6 Å². The molecule has 0 radical (unpaired) electrons. The minimum atomic E-state index is -4.32. The maximum Gasteiger partial charge on any atom is 0.416 e. The molecule has 0 aliphatic rings. The van der Waals surface area contributed by atoms with Crippen LogP contribution >= 0.6 is 12.6 Å². The Morgan fingerprint density at radius 3 is 2.13 bits per heavy atom. The molecule has 0 amide bonds. The van der Waals surface area contributed by atoms with Crippen LogP contribution in [0.4, 0.5) is 13.2 Å². The molecule has 82 valence electrons. The number of rotatable bonds is 2. The Morgan fingerprint density at radius 1 is 1.27 bits per heavy atom. The summed E-state index contributed by atoms with van der Waals surface area (Å²) in [6.07, 6.45) is -4.32. The molecule has 0 bridgehead atoms. The van der Waals surface area contributed by atoms with Crippen molar-refractivity contribution in [3.8, 4) is 0 Å². The van der Waals surface area contributed by atoms with Crippen LogP contribution in [0.5, 0.6) is 0 Å². The van der Waals surface area contributed by atoms with Gasteiger partial charge in [-0.1, -0.05) is 12.1 Å². The van der Waals surface area contributed by atoms with Crippen molar-refractivity contribution in [2.45, 2.75) is 6.18 Å². The van der Waals surface area contributed by atoms with Gasteiger partial charge in [0.25, 0.3) is 0 Å². The predicted octanol–water partition coefficient (Wildman–Crippen LogP) is 2.40. The minimum absolute atomic E-state index is 0.451. The fourth-order valence-corrected chi connectivity index (χ4v) is 1.26. The van der Waals surface area contributed by atoms with Gasteiger partial charge in [0.15, 0.2) is 0 Å². The minimum Gasteiger partial charge on any atom is -0.323 e. The standard InChI is InChI=1S/C9H9F3N2S/c10-9(11,12)7-3-1-6(2-4-7)8(5-15)14-13/h1-5,14-15H,13H2/b8-5-. The molecule has 0 saturated carbocycles. The molecule has 6 heteroatoms. The second-order valence-corrected chi connectivity index (χ2v) is 3.02. The molecule has 15 heavy (non-hydrogen) atoms. The lowest BCUT2D eigenvalue weighted by Gasteiger charge is -2.09. The molecule has 0 unspecified atom stereocenters. The largest absolute Gasteiger partial charge is 0.416 e. The first-order chi connectivity index (χ1) is 6.99. The zero-order valence-corrected chi connectivity index (χ0v) is 8.44. The molecule has 0 aliphatic carbocycles. The number of hydrogen-bond donors (Lipinski definition) is 3. The molecular formula is C9H9F3N2S. The zero-order chi connectivity index (χ0) is 11.5. The van der Waals surface area contributed by atoms with E-state index in [4.69, 9.17) is 5.84 Å². The Bertz CT molecular complexity index is 357. The SMILES string of the molecule is NN/C(=C\S)c1ccc(C(F)(F)F)cc1. The molecule has 1 aromatic carbocycles. The van der Waals surface area contributed by atoms with E-state index in [0.29, 0.717) is 11.3 Å². The smallest absolute Gasteiger partial charge is 0.323 e. The van der Waals surface area contributed by atoms with E-state index in [1.807, 2.05) is 0 Å². The maximum atomic E-state index is 12.2. The van der Waals surface area contributed by atoms with Gasteiger partial charge in [0, 0.05) is 0 Å². The lowest BCUT2D eigenvalue weighted by Crippen LogP contribution is -2.19. The summed E-state index contributed by atoms with van der Waals surface area (Å²) in [7, 11) is 0. The van der Waals surface area contributed by atoms with Crippen molar-refractivity contribution in [3.63, 3.8) is 0 Å². The van der Waals surface area contributed by atoms with E-state index in [-0.39, 0.29) is 0 Å². The van der Waals surface area contributed by atoms with Crippen molar-refractivity contribution < 1.29 is 13.2 Å². The number of nitrogens with one attached hydrogen (secondary N) is 1. The summed E-state index contributed by atoms with van der Waals surface area (Å²) >= 11 is 3.86. The van der Waals surface area contributed by atoms with Crippen LogP contribution in [0, 0.1) is 0 Å². The van der Waals surface area contributed by atoms with Gasteiger partial charge in [0.2, 0.25) is 0 Å². The fraction of sp³-hybridized carbons (Fsp3) is 0.111. The molecule has 2 nitrogen and oxygen atoms in total. The highest BCUT2D eigenvalue weighted by Crippen LogP contribution is 2.29. The highest BCUT2D eigenvalue weighted by molar-refractivity contribution is 7.83. The third-order valence-electron chi connectivity index (χ3n) is 1.81. The topological polar surface area (TPSA) is 38.0 Å². The summed E-state index contributed by atoms with van der Waals surface area (Å²) in [6, 6.07) is 4.63. The molecule has 0 saturated heterocycles. The van der Waals surface area contributed by atoms with Crippen LogP contribution in [0.3, 0.4) is 0 Å². The first-order valence-corrected chi connectivity index (χ1v) is 4.49. The van der Waals surface area contributed by atoms with Crippen LogP contribution in [0.15, 0.2) is 29.7 Å². The Kier molecular flexibility index (Phi) is 3.65. The molecule has 0 fully saturated rings. The molecule has 0 atom stereocenters. The normalized spacial score (nSPS) is 12.7.